The van der Waals surface area contributed by atoms with Gasteiger partial charge < -0.3 is 15.0 Å². The van der Waals surface area contributed by atoms with Crippen molar-refractivity contribution in [3.05, 3.63) is 23.2 Å². The standard InChI is InChI=1S/C17H25ClN2O/c1-3-8-19-12-9-13-4-5-14(10-12)20(13)17-11-15(21-2)6-7-16(17)18/h6-7,11-14,19H,3-5,8-10H2,1-2H3. The number of hydrogen-bond acceptors (Lipinski definition) is 3. The van der Waals surface area contributed by atoms with Gasteiger partial charge in [-0.1, -0.05) is 18.5 Å². The van der Waals surface area contributed by atoms with Crippen LogP contribution >= 0.6 is 11.6 Å². The molecule has 2 bridgehead atoms. The van der Waals surface area contributed by atoms with E-state index in [1.807, 2.05) is 12.1 Å². The van der Waals surface area contributed by atoms with Gasteiger partial charge >= 0.3 is 0 Å². The maximum Gasteiger partial charge on any atom is 0.121 e. The van der Waals surface area contributed by atoms with Crippen LogP contribution in [0.15, 0.2) is 18.2 Å². The van der Waals surface area contributed by atoms with Crippen LogP contribution in [0.25, 0.3) is 0 Å². The van der Waals surface area contributed by atoms with Crippen LogP contribution in [0.4, 0.5) is 5.69 Å². The summed E-state index contributed by atoms with van der Waals surface area (Å²) >= 11 is 6.45. The minimum Gasteiger partial charge on any atom is -0.497 e. The zero-order valence-electron chi connectivity index (χ0n) is 12.9. The number of benzene rings is 1. The van der Waals surface area contributed by atoms with Gasteiger partial charge in [0, 0.05) is 24.2 Å². The van der Waals surface area contributed by atoms with Gasteiger partial charge in [0.1, 0.15) is 5.75 Å². The van der Waals surface area contributed by atoms with E-state index < -0.39 is 0 Å². The lowest BCUT2D eigenvalue weighted by molar-refractivity contribution is 0.356. The molecule has 2 unspecified atom stereocenters. The number of nitrogens with one attached hydrogen (secondary N) is 1. The molecule has 3 nitrogen and oxygen atoms in total. The molecular formula is C17H25ClN2O. The molecular weight excluding hydrogens is 284 g/mol. The van der Waals surface area contributed by atoms with E-state index in [-0.39, 0.29) is 0 Å². The van der Waals surface area contributed by atoms with Crippen molar-refractivity contribution < 1.29 is 4.74 Å². The quantitative estimate of drug-likeness (QED) is 0.894. The Balaban J connectivity index is 1.79. The van der Waals surface area contributed by atoms with Gasteiger partial charge in [0.25, 0.3) is 0 Å². The number of fused-ring (bicyclic) bond motifs is 2. The number of rotatable bonds is 5. The van der Waals surface area contributed by atoms with Crippen molar-refractivity contribution in [2.24, 2.45) is 0 Å². The number of ether oxygens (including phenoxy) is 1. The highest BCUT2D eigenvalue weighted by atomic mass is 35.5. The van der Waals surface area contributed by atoms with Gasteiger partial charge in [-0.15, -0.1) is 0 Å². The molecule has 2 aliphatic rings. The molecule has 1 aromatic rings. The molecule has 21 heavy (non-hydrogen) atoms. The fraction of sp³-hybridized carbons (Fsp3) is 0.647. The molecule has 2 heterocycles. The predicted octanol–water partition coefficient (Wildman–Crippen LogP) is 3.85. The van der Waals surface area contributed by atoms with E-state index >= 15 is 0 Å². The second kappa shape index (κ2) is 6.45. The molecule has 4 heteroatoms. The Labute approximate surface area is 132 Å². The first-order valence-corrected chi connectivity index (χ1v) is 8.46. The van der Waals surface area contributed by atoms with Crippen molar-refractivity contribution in [2.75, 3.05) is 18.6 Å². The number of anilines is 1. The van der Waals surface area contributed by atoms with Gasteiger partial charge in [-0.25, -0.2) is 0 Å². The summed E-state index contributed by atoms with van der Waals surface area (Å²) in [6.45, 7) is 3.36. The maximum atomic E-state index is 6.45. The van der Waals surface area contributed by atoms with Crippen LogP contribution in [0, 0.1) is 0 Å². The molecule has 2 fully saturated rings. The Morgan fingerprint density at radius 3 is 2.62 bits per heavy atom. The van der Waals surface area contributed by atoms with E-state index in [0.717, 1.165) is 23.0 Å². The van der Waals surface area contributed by atoms with Crippen LogP contribution in [-0.2, 0) is 0 Å². The molecule has 0 radical (unpaired) electrons. The summed E-state index contributed by atoms with van der Waals surface area (Å²) in [6.07, 6.45) is 6.22. The summed E-state index contributed by atoms with van der Waals surface area (Å²) in [6, 6.07) is 7.88. The van der Waals surface area contributed by atoms with Crippen LogP contribution < -0.4 is 15.0 Å². The van der Waals surface area contributed by atoms with Crippen LogP contribution in [-0.4, -0.2) is 31.8 Å². The topological polar surface area (TPSA) is 24.5 Å². The van der Waals surface area contributed by atoms with E-state index in [4.69, 9.17) is 16.3 Å². The highest BCUT2D eigenvalue weighted by Crippen LogP contribution is 2.43. The summed E-state index contributed by atoms with van der Waals surface area (Å²) < 4.78 is 5.37. The predicted molar refractivity (Wildman–Crippen MR) is 88.6 cm³/mol. The minimum absolute atomic E-state index is 0.614. The van der Waals surface area contributed by atoms with Crippen LogP contribution in [0.3, 0.4) is 0 Å². The highest BCUT2D eigenvalue weighted by Gasteiger charge is 2.41. The number of hydrogen-bond donors (Lipinski definition) is 1. The average Bonchev–Trinajstić information content (AvgIpc) is 2.76. The first kappa shape index (κ1) is 15.0. The first-order valence-electron chi connectivity index (χ1n) is 8.08. The Morgan fingerprint density at radius 2 is 2.00 bits per heavy atom. The van der Waals surface area contributed by atoms with Crippen molar-refractivity contribution >= 4 is 17.3 Å². The molecule has 116 valence electrons. The first-order chi connectivity index (χ1) is 10.2. The molecule has 0 spiro atoms. The van der Waals surface area contributed by atoms with E-state index in [1.54, 1.807) is 7.11 Å². The molecule has 3 rings (SSSR count). The largest absolute Gasteiger partial charge is 0.497 e. The smallest absolute Gasteiger partial charge is 0.121 e. The van der Waals surface area contributed by atoms with E-state index in [9.17, 15) is 0 Å². The zero-order valence-corrected chi connectivity index (χ0v) is 13.7. The Bertz CT molecular complexity index is 480. The summed E-state index contributed by atoms with van der Waals surface area (Å²) in [5.74, 6) is 0.889. The number of nitrogens with zero attached hydrogens (tertiary/aromatic N) is 1. The van der Waals surface area contributed by atoms with Gasteiger partial charge in [0.05, 0.1) is 17.8 Å². The molecule has 0 aliphatic carbocycles. The van der Waals surface area contributed by atoms with E-state index in [0.29, 0.717) is 18.1 Å². The van der Waals surface area contributed by atoms with Crippen LogP contribution in [0.1, 0.15) is 39.0 Å². The lowest BCUT2D eigenvalue weighted by Crippen LogP contribution is -2.49. The summed E-state index contributed by atoms with van der Waals surface area (Å²) in [5, 5.41) is 4.54. The number of methoxy groups -OCH3 is 1. The monoisotopic (exact) mass is 308 g/mol. The van der Waals surface area contributed by atoms with Crippen molar-refractivity contribution in [2.45, 2.75) is 57.2 Å². The van der Waals surface area contributed by atoms with E-state index in [1.165, 1.54) is 32.1 Å². The fourth-order valence-corrected chi connectivity index (χ4v) is 4.12. The van der Waals surface area contributed by atoms with Crippen LogP contribution in [0.5, 0.6) is 5.75 Å². The van der Waals surface area contributed by atoms with Gasteiger partial charge in [-0.3, -0.25) is 0 Å². The highest BCUT2D eigenvalue weighted by molar-refractivity contribution is 6.33. The second-order valence-electron chi connectivity index (χ2n) is 6.23. The zero-order chi connectivity index (χ0) is 14.8. The lowest BCUT2D eigenvalue weighted by atomic mass is 9.96. The molecule has 0 aromatic heterocycles. The molecule has 0 amide bonds. The number of piperidine rings is 1. The van der Waals surface area contributed by atoms with E-state index in [2.05, 4.69) is 23.2 Å². The van der Waals surface area contributed by atoms with Gasteiger partial charge in [-0.05, 0) is 50.8 Å². The van der Waals surface area contributed by atoms with Crippen molar-refractivity contribution in [3.8, 4) is 5.75 Å². The molecule has 2 saturated heterocycles. The van der Waals surface area contributed by atoms with Gasteiger partial charge in [0.2, 0.25) is 0 Å². The Hall–Kier alpha value is -0.930. The van der Waals surface area contributed by atoms with Gasteiger partial charge in [0.15, 0.2) is 0 Å². The van der Waals surface area contributed by atoms with Crippen LogP contribution in [0.2, 0.25) is 5.02 Å². The number of halogens is 1. The molecule has 2 aliphatic heterocycles. The molecule has 1 N–H and O–H groups in total. The normalized spacial score (nSPS) is 28.0. The van der Waals surface area contributed by atoms with Crippen molar-refractivity contribution in [1.82, 2.24) is 5.32 Å². The molecule has 2 atom stereocenters. The molecule has 1 aromatic carbocycles. The third-order valence-electron chi connectivity index (χ3n) is 4.85. The van der Waals surface area contributed by atoms with Crippen molar-refractivity contribution in [3.63, 3.8) is 0 Å². The van der Waals surface area contributed by atoms with Gasteiger partial charge in [-0.2, -0.15) is 0 Å². The minimum atomic E-state index is 0.614. The second-order valence-corrected chi connectivity index (χ2v) is 6.64. The fourth-order valence-electron chi connectivity index (χ4n) is 3.90. The average molecular weight is 309 g/mol. The summed E-state index contributed by atoms with van der Waals surface area (Å²) in [5.41, 5.74) is 1.15. The SMILES string of the molecule is CCCNC1CC2CCC(C1)N2c1cc(OC)ccc1Cl. The maximum absolute atomic E-state index is 6.45. The Kier molecular flexibility index (Phi) is 4.60. The molecule has 0 saturated carbocycles. The third-order valence-corrected chi connectivity index (χ3v) is 5.17. The Morgan fingerprint density at radius 1 is 1.29 bits per heavy atom. The summed E-state index contributed by atoms with van der Waals surface area (Å²) in [7, 11) is 1.71. The van der Waals surface area contributed by atoms with Crippen molar-refractivity contribution in [1.29, 1.82) is 0 Å². The summed E-state index contributed by atoms with van der Waals surface area (Å²) in [4.78, 5) is 2.55. The lowest BCUT2D eigenvalue weighted by Gasteiger charge is -2.41. The third kappa shape index (κ3) is 3.00.